The van der Waals surface area contributed by atoms with E-state index in [2.05, 4.69) is 11.8 Å². The van der Waals surface area contributed by atoms with Crippen molar-refractivity contribution >= 4 is 0 Å². The molecular weight excluding hydrogens is 206 g/mol. The highest BCUT2D eigenvalue weighted by molar-refractivity contribution is 4.78. The van der Waals surface area contributed by atoms with Gasteiger partial charge in [-0.15, -0.1) is 0 Å². The molecule has 1 aliphatic rings. The number of nitrogens with zero attached hydrogens (tertiary/aromatic N) is 1. The zero-order valence-electron chi connectivity index (χ0n) is 10.6. The topological polar surface area (TPSA) is 52.9 Å². The van der Waals surface area contributed by atoms with Crippen molar-refractivity contribution in [2.24, 2.45) is 5.92 Å². The second-order valence-electron chi connectivity index (χ2n) is 5.13. The number of aliphatic hydroxyl groups is 2. The fourth-order valence-electron chi connectivity index (χ4n) is 1.93. The average molecular weight is 231 g/mol. The average Bonchev–Trinajstić information content (AvgIpc) is 2.21. The van der Waals surface area contributed by atoms with Gasteiger partial charge in [-0.1, -0.05) is 6.92 Å². The van der Waals surface area contributed by atoms with Crippen LogP contribution in [0.1, 0.15) is 27.2 Å². The molecule has 1 heterocycles. The van der Waals surface area contributed by atoms with Crippen molar-refractivity contribution in [2.45, 2.75) is 45.5 Å². The van der Waals surface area contributed by atoms with E-state index in [1.807, 2.05) is 13.8 Å². The molecule has 16 heavy (non-hydrogen) atoms. The van der Waals surface area contributed by atoms with Gasteiger partial charge in [0, 0.05) is 13.1 Å². The van der Waals surface area contributed by atoms with Crippen LogP contribution in [-0.2, 0) is 4.74 Å². The van der Waals surface area contributed by atoms with Crippen LogP contribution in [-0.4, -0.2) is 59.7 Å². The first kappa shape index (κ1) is 13.9. The molecule has 0 spiro atoms. The van der Waals surface area contributed by atoms with Crippen molar-refractivity contribution in [2.75, 3.05) is 26.2 Å². The summed E-state index contributed by atoms with van der Waals surface area (Å²) in [6.45, 7) is 8.57. The summed E-state index contributed by atoms with van der Waals surface area (Å²) in [6, 6.07) is 0. The number of hydrogen-bond acceptors (Lipinski definition) is 4. The zero-order valence-corrected chi connectivity index (χ0v) is 10.6. The quantitative estimate of drug-likeness (QED) is 0.722. The minimum Gasteiger partial charge on any atom is -0.392 e. The van der Waals surface area contributed by atoms with E-state index in [-0.39, 0.29) is 12.2 Å². The highest BCUT2D eigenvalue weighted by atomic mass is 16.5. The molecule has 0 aromatic carbocycles. The first-order chi connectivity index (χ1) is 7.49. The molecule has 0 amide bonds. The molecule has 1 aliphatic heterocycles. The van der Waals surface area contributed by atoms with E-state index in [0.29, 0.717) is 25.6 Å². The number of rotatable bonds is 5. The molecule has 0 aromatic rings. The number of β-amino-alcohol motifs (C(OH)–C–C–N with tert-alkyl or cyclic N) is 2. The molecule has 0 radical (unpaired) electrons. The Kier molecular flexibility index (Phi) is 5.69. The van der Waals surface area contributed by atoms with Gasteiger partial charge >= 0.3 is 0 Å². The Labute approximate surface area is 98.2 Å². The number of likely N-dealkylation sites (tertiary alicyclic amines) is 1. The van der Waals surface area contributed by atoms with Crippen molar-refractivity contribution in [1.82, 2.24) is 4.90 Å². The lowest BCUT2D eigenvalue weighted by Crippen LogP contribution is -2.46. The third-order valence-electron chi connectivity index (χ3n) is 3.09. The first-order valence-corrected chi connectivity index (χ1v) is 6.19. The third kappa shape index (κ3) is 4.78. The number of aliphatic hydroxyl groups excluding tert-OH is 2. The summed E-state index contributed by atoms with van der Waals surface area (Å²) < 4.78 is 5.35. The maximum atomic E-state index is 9.75. The van der Waals surface area contributed by atoms with Gasteiger partial charge < -0.3 is 14.9 Å². The summed E-state index contributed by atoms with van der Waals surface area (Å²) >= 11 is 0. The summed E-state index contributed by atoms with van der Waals surface area (Å²) in [6.07, 6.45) is 0.440. The van der Waals surface area contributed by atoms with Crippen LogP contribution in [0.15, 0.2) is 0 Å². The fourth-order valence-corrected chi connectivity index (χ4v) is 1.93. The van der Waals surface area contributed by atoms with E-state index in [4.69, 9.17) is 4.74 Å². The zero-order chi connectivity index (χ0) is 12.1. The molecule has 0 bridgehead atoms. The van der Waals surface area contributed by atoms with Gasteiger partial charge in [-0.25, -0.2) is 0 Å². The molecule has 1 saturated heterocycles. The fraction of sp³-hybridized carbons (Fsp3) is 1.00. The van der Waals surface area contributed by atoms with Gasteiger partial charge in [0.1, 0.15) is 0 Å². The molecular formula is C12H25NO3. The Morgan fingerprint density at radius 1 is 1.44 bits per heavy atom. The Bertz CT molecular complexity index is 199. The van der Waals surface area contributed by atoms with Crippen LogP contribution in [0.2, 0.25) is 0 Å². The Hall–Kier alpha value is -0.160. The monoisotopic (exact) mass is 231 g/mol. The highest BCUT2D eigenvalue weighted by Gasteiger charge is 2.25. The van der Waals surface area contributed by atoms with Crippen molar-refractivity contribution in [3.05, 3.63) is 0 Å². The van der Waals surface area contributed by atoms with E-state index < -0.39 is 6.10 Å². The predicted octanol–water partition coefficient (Wildman–Crippen LogP) is 0.475. The summed E-state index contributed by atoms with van der Waals surface area (Å²) in [7, 11) is 0. The minimum absolute atomic E-state index is 0.154. The number of ether oxygens (including phenoxy) is 1. The van der Waals surface area contributed by atoms with Gasteiger partial charge in [0.2, 0.25) is 0 Å². The summed E-state index contributed by atoms with van der Waals surface area (Å²) in [5.41, 5.74) is 0. The molecule has 0 aromatic heterocycles. The molecule has 4 heteroatoms. The van der Waals surface area contributed by atoms with Crippen LogP contribution in [0.3, 0.4) is 0 Å². The Balaban J connectivity index is 2.21. The van der Waals surface area contributed by atoms with E-state index in [0.717, 1.165) is 13.0 Å². The van der Waals surface area contributed by atoms with Gasteiger partial charge in [0.25, 0.3) is 0 Å². The van der Waals surface area contributed by atoms with E-state index in [1.54, 1.807) is 0 Å². The second kappa shape index (κ2) is 6.55. The minimum atomic E-state index is -0.456. The van der Waals surface area contributed by atoms with E-state index in [9.17, 15) is 10.2 Å². The molecule has 1 fully saturated rings. The number of piperidine rings is 1. The lowest BCUT2D eigenvalue weighted by Gasteiger charge is -2.35. The summed E-state index contributed by atoms with van der Waals surface area (Å²) in [5.74, 6) is 0.375. The van der Waals surface area contributed by atoms with Crippen LogP contribution < -0.4 is 0 Å². The van der Waals surface area contributed by atoms with E-state index in [1.165, 1.54) is 0 Å². The normalized spacial score (nSPS) is 29.6. The van der Waals surface area contributed by atoms with Crippen LogP contribution in [0, 0.1) is 5.92 Å². The molecule has 0 saturated carbocycles. The van der Waals surface area contributed by atoms with Crippen LogP contribution >= 0.6 is 0 Å². The molecule has 0 aliphatic carbocycles. The van der Waals surface area contributed by atoms with Gasteiger partial charge in [-0.2, -0.15) is 0 Å². The predicted molar refractivity (Wildman–Crippen MR) is 63.3 cm³/mol. The van der Waals surface area contributed by atoms with Crippen LogP contribution in [0.4, 0.5) is 0 Å². The molecule has 4 nitrogen and oxygen atoms in total. The molecule has 3 atom stereocenters. The standard InChI is InChI=1S/C12H25NO3/c1-9(2)16-8-11(14)6-13-5-4-10(3)12(15)7-13/h9-12,14-15H,4-8H2,1-3H3. The summed E-state index contributed by atoms with van der Waals surface area (Å²) in [5, 5.41) is 19.5. The molecule has 2 N–H and O–H groups in total. The lowest BCUT2D eigenvalue weighted by molar-refractivity contribution is -0.0294. The van der Waals surface area contributed by atoms with Gasteiger partial charge in [0.05, 0.1) is 24.9 Å². The molecule has 96 valence electrons. The van der Waals surface area contributed by atoms with Gasteiger partial charge in [-0.3, -0.25) is 4.90 Å². The van der Waals surface area contributed by atoms with Crippen molar-refractivity contribution in [3.63, 3.8) is 0 Å². The second-order valence-corrected chi connectivity index (χ2v) is 5.13. The largest absolute Gasteiger partial charge is 0.392 e. The van der Waals surface area contributed by atoms with Crippen molar-refractivity contribution in [1.29, 1.82) is 0 Å². The Morgan fingerprint density at radius 3 is 2.69 bits per heavy atom. The van der Waals surface area contributed by atoms with Crippen molar-refractivity contribution in [3.8, 4) is 0 Å². The van der Waals surface area contributed by atoms with Crippen LogP contribution in [0.25, 0.3) is 0 Å². The van der Waals surface area contributed by atoms with E-state index >= 15 is 0 Å². The SMILES string of the molecule is CC(C)OCC(O)CN1CCC(C)C(O)C1. The lowest BCUT2D eigenvalue weighted by atomic mass is 9.96. The van der Waals surface area contributed by atoms with Gasteiger partial charge in [-0.05, 0) is 32.7 Å². The maximum Gasteiger partial charge on any atom is 0.0900 e. The summed E-state index contributed by atoms with van der Waals surface area (Å²) in [4.78, 5) is 2.11. The smallest absolute Gasteiger partial charge is 0.0900 e. The number of hydrogen-bond donors (Lipinski definition) is 2. The molecule has 3 unspecified atom stereocenters. The highest BCUT2D eigenvalue weighted by Crippen LogP contribution is 2.16. The first-order valence-electron chi connectivity index (χ1n) is 6.19. The maximum absolute atomic E-state index is 9.75. The molecule has 1 rings (SSSR count). The third-order valence-corrected chi connectivity index (χ3v) is 3.09. The van der Waals surface area contributed by atoms with Crippen LogP contribution in [0.5, 0.6) is 0 Å². The Morgan fingerprint density at radius 2 is 2.12 bits per heavy atom. The van der Waals surface area contributed by atoms with Crippen molar-refractivity contribution < 1.29 is 14.9 Å². The van der Waals surface area contributed by atoms with Gasteiger partial charge in [0.15, 0.2) is 0 Å².